The van der Waals surface area contributed by atoms with E-state index in [4.69, 9.17) is 0 Å². The zero-order valence-corrected chi connectivity index (χ0v) is 14.7. The Morgan fingerprint density at radius 3 is 2.75 bits per heavy atom. The molecular formula is C17H24N6O. The van der Waals surface area contributed by atoms with Crippen LogP contribution in [0.4, 0.5) is 5.82 Å². The van der Waals surface area contributed by atoms with E-state index >= 15 is 0 Å². The molecule has 128 valence electrons. The molecule has 2 aromatic heterocycles. The van der Waals surface area contributed by atoms with Gasteiger partial charge in [0.25, 0.3) is 5.91 Å². The van der Waals surface area contributed by atoms with Crippen molar-refractivity contribution in [2.24, 2.45) is 5.92 Å². The van der Waals surface area contributed by atoms with Gasteiger partial charge >= 0.3 is 0 Å². The summed E-state index contributed by atoms with van der Waals surface area (Å²) in [4.78, 5) is 21.0. The van der Waals surface area contributed by atoms with Crippen LogP contribution in [-0.2, 0) is 13.1 Å². The van der Waals surface area contributed by atoms with Crippen LogP contribution in [0.2, 0.25) is 0 Å². The molecule has 0 radical (unpaired) electrons. The van der Waals surface area contributed by atoms with Gasteiger partial charge in [0, 0.05) is 32.9 Å². The van der Waals surface area contributed by atoms with Gasteiger partial charge < -0.3 is 14.4 Å². The summed E-state index contributed by atoms with van der Waals surface area (Å²) in [5.74, 6) is 3.18. The zero-order valence-electron chi connectivity index (χ0n) is 14.7. The van der Waals surface area contributed by atoms with Gasteiger partial charge in [-0.05, 0) is 25.0 Å². The summed E-state index contributed by atoms with van der Waals surface area (Å²) in [7, 11) is 2.02. The van der Waals surface area contributed by atoms with Gasteiger partial charge in [0.15, 0.2) is 5.82 Å². The van der Waals surface area contributed by atoms with E-state index in [1.807, 2.05) is 26.1 Å². The Labute approximate surface area is 142 Å². The largest absolute Gasteiger partial charge is 0.359 e. The Kier molecular flexibility index (Phi) is 4.51. The number of hydrogen-bond donors (Lipinski definition) is 0. The number of aryl methyl sites for hydroxylation is 1. The molecule has 0 N–H and O–H groups in total. The predicted molar refractivity (Wildman–Crippen MR) is 91.8 cm³/mol. The Balaban J connectivity index is 1.70. The Morgan fingerprint density at radius 1 is 1.29 bits per heavy atom. The first-order valence-electron chi connectivity index (χ1n) is 8.31. The summed E-state index contributed by atoms with van der Waals surface area (Å²) >= 11 is 0. The highest BCUT2D eigenvalue weighted by atomic mass is 16.2. The van der Waals surface area contributed by atoms with Gasteiger partial charge in [0.05, 0.1) is 12.1 Å². The van der Waals surface area contributed by atoms with E-state index in [0.29, 0.717) is 24.6 Å². The molecule has 1 amide bonds. The summed E-state index contributed by atoms with van der Waals surface area (Å²) < 4.78 is 2.06. The number of amides is 1. The van der Waals surface area contributed by atoms with Gasteiger partial charge in [-0.15, -0.1) is 10.2 Å². The Bertz CT molecular complexity index is 721. The van der Waals surface area contributed by atoms with Crippen molar-refractivity contribution in [3.8, 4) is 0 Å². The first-order chi connectivity index (χ1) is 11.5. The zero-order chi connectivity index (χ0) is 17.3. The van der Waals surface area contributed by atoms with E-state index in [1.165, 1.54) is 0 Å². The van der Waals surface area contributed by atoms with Gasteiger partial charge in [0.1, 0.15) is 11.6 Å². The van der Waals surface area contributed by atoms with Crippen LogP contribution in [0.5, 0.6) is 0 Å². The molecule has 24 heavy (non-hydrogen) atoms. The van der Waals surface area contributed by atoms with Gasteiger partial charge in [-0.1, -0.05) is 13.8 Å². The maximum Gasteiger partial charge on any atom is 0.255 e. The predicted octanol–water partition coefficient (Wildman–Crippen LogP) is 1.73. The van der Waals surface area contributed by atoms with Crippen LogP contribution in [0.15, 0.2) is 18.3 Å². The van der Waals surface area contributed by atoms with Crippen molar-refractivity contribution in [3.05, 3.63) is 35.5 Å². The molecule has 0 unspecified atom stereocenters. The fraction of sp³-hybridized carbons (Fsp3) is 0.529. The molecule has 0 saturated carbocycles. The van der Waals surface area contributed by atoms with Gasteiger partial charge in [0.2, 0.25) is 0 Å². The average Bonchev–Trinajstić information content (AvgIpc) is 2.94. The molecular weight excluding hydrogens is 304 g/mol. The lowest BCUT2D eigenvalue weighted by molar-refractivity contribution is 0.0706. The SMILES string of the molecule is Cc1nnc2n1CCN(C(=O)c1ccc(N(C)CC(C)C)nc1)C2. The van der Waals surface area contributed by atoms with Crippen LogP contribution in [-0.4, -0.2) is 50.7 Å². The average molecular weight is 328 g/mol. The van der Waals surface area contributed by atoms with Crippen LogP contribution < -0.4 is 4.90 Å². The van der Waals surface area contributed by atoms with Crippen molar-refractivity contribution in [1.82, 2.24) is 24.6 Å². The molecule has 0 saturated heterocycles. The van der Waals surface area contributed by atoms with E-state index in [2.05, 4.69) is 38.5 Å². The van der Waals surface area contributed by atoms with E-state index in [0.717, 1.165) is 30.6 Å². The summed E-state index contributed by atoms with van der Waals surface area (Å²) in [6, 6.07) is 3.76. The molecule has 0 spiro atoms. The number of anilines is 1. The van der Waals surface area contributed by atoms with Crippen LogP contribution >= 0.6 is 0 Å². The number of carbonyl (C=O) groups excluding carboxylic acids is 1. The first kappa shape index (κ1) is 16.4. The Hall–Kier alpha value is -2.44. The fourth-order valence-electron chi connectivity index (χ4n) is 3.04. The van der Waals surface area contributed by atoms with E-state index < -0.39 is 0 Å². The minimum atomic E-state index is -0.00698. The molecule has 1 aliphatic heterocycles. The summed E-state index contributed by atoms with van der Waals surface area (Å²) in [5.41, 5.74) is 0.612. The molecule has 3 heterocycles. The van der Waals surface area contributed by atoms with Crippen molar-refractivity contribution in [2.45, 2.75) is 33.9 Å². The Morgan fingerprint density at radius 2 is 2.08 bits per heavy atom. The normalized spacial score (nSPS) is 14.0. The number of hydrogen-bond acceptors (Lipinski definition) is 5. The number of rotatable bonds is 4. The molecule has 0 fully saturated rings. The lowest BCUT2D eigenvalue weighted by atomic mass is 10.2. The highest BCUT2D eigenvalue weighted by Gasteiger charge is 2.24. The van der Waals surface area contributed by atoms with E-state index in [1.54, 1.807) is 11.1 Å². The number of carbonyl (C=O) groups is 1. The third-order valence-electron chi connectivity index (χ3n) is 4.25. The van der Waals surface area contributed by atoms with Gasteiger partial charge in [-0.3, -0.25) is 4.79 Å². The second kappa shape index (κ2) is 6.59. The van der Waals surface area contributed by atoms with Crippen molar-refractivity contribution in [1.29, 1.82) is 0 Å². The molecule has 3 rings (SSSR count). The maximum absolute atomic E-state index is 12.7. The molecule has 1 aliphatic rings. The summed E-state index contributed by atoms with van der Waals surface area (Å²) in [5, 5.41) is 8.22. The lowest BCUT2D eigenvalue weighted by Crippen LogP contribution is -2.38. The maximum atomic E-state index is 12.7. The minimum Gasteiger partial charge on any atom is -0.359 e. The standard InChI is InChI=1S/C17H24N6O/c1-12(2)10-21(4)15-6-5-14(9-18-15)17(24)22-7-8-23-13(3)19-20-16(23)11-22/h5-6,9,12H,7-8,10-11H2,1-4H3. The van der Waals surface area contributed by atoms with Crippen molar-refractivity contribution in [3.63, 3.8) is 0 Å². The van der Waals surface area contributed by atoms with Crippen molar-refractivity contribution >= 4 is 11.7 Å². The molecule has 0 aromatic carbocycles. The molecule has 0 bridgehead atoms. The number of fused-ring (bicyclic) bond motifs is 1. The first-order valence-corrected chi connectivity index (χ1v) is 8.31. The van der Waals surface area contributed by atoms with Gasteiger partial charge in [-0.2, -0.15) is 0 Å². The van der Waals surface area contributed by atoms with Crippen LogP contribution in [0.3, 0.4) is 0 Å². The molecule has 7 heteroatoms. The molecule has 2 aromatic rings. The van der Waals surface area contributed by atoms with Gasteiger partial charge in [-0.25, -0.2) is 4.98 Å². The van der Waals surface area contributed by atoms with Crippen molar-refractivity contribution in [2.75, 3.05) is 25.0 Å². The number of nitrogens with zero attached hydrogens (tertiary/aromatic N) is 6. The van der Waals surface area contributed by atoms with E-state index in [9.17, 15) is 4.79 Å². The lowest BCUT2D eigenvalue weighted by Gasteiger charge is -2.27. The second-order valence-corrected chi connectivity index (χ2v) is 6.72. The van der Waals surface area contributed by atoms with Crippen LogP contribution in [0, 0.1) is 12.8 Å². The molecule has 0 atom stereocenters. The summed E-state index contributed by atoms with van der Waals surface area (Å²) in [6.45, 7) is 9.11. The number of aromatic nitrogens is 4. The van der Waals surface area contributed by atoms with Crippen molar-refractivity contribution < 1.29 is 4.79 Å². The second-order valence-electron chi connectivity index (χ2n) is 6.72. The fourth-order valence-corrected chi connectivity index (χ4v) is 3.04. The van der Waals surface area contributed by atoms with E-state index in [-0.39, 0.29) is 5.91 Å². The quantitative estimate of drug-likeness (QED) is 0.855. The molecule has 0 aliphatic carbocycles. The third-order valence-corrected chi connectivity index (χ3v) is 4.25. The highest BCUT2D eigenvalue weighted by molar-refractivity contribution is 5.94. The van der Waals surface area contributed by atoms with Crippen LogP contribution in [0.25, 0.3) is 0 Å². The third kappa shape index (κ3) is 3.25. The van der Waals surface area contributed by atoms with Crippen LogP contribution in [0.1, 0.15) is 35.9 Å². The molecule has 7 nitrogen and oxygen atoms in total. The monoisotopic (exact) mass is 328 g/mol. The minimum absolute atomic E-state index is 0.00698. The topological polar surface area (TPSA) is 67.2 Å². The summed E-state index contributed by atoms with van der Waals surface area (Å²) in [6.07, 6.45) is 1.67. The highest BCUT2D eigenvalue weighted by Crippen LogP contribution is 2.17. The number of pyridine rings is 1. The smallest absolute Gasteiger partial charge is 0.255 e.